The zero-order valence-corrected chi connectivity index (χ0v) is 14.8. The largest absolute Gasteiger partial charge is 0.366 e. The molecule has 0 unspecified atom stereocenters. The van der Waals surface area contributed by atoms with E-state index in [0.717, 1.165) is 22.3 Å². The lowest BCUT2D eigenvalue weighted by atomic mass is 9.93. The third-order valence-electron chi connectivity index (χ3n) is 4.65. The molecule has 0 aromatic heterocycles. The molecule has 4 aromatic carbocycles. The molecule has 0 radical (unpaired) electrons. The van der Waals surface area contributed by atoms with Crippen LogP contribution in [0.15, 0.2) is 103 Å². The fourth-order valence-electron chi connectivity index (χ4n) is 3.22. The molecule has 2 heteroatoms. The van der Waals surface area contributed by atoms with E-state index in [4.69, 9.17) is 5.73 Å². The molecule has 0 spiro atoms. The number of amides is 1. The molecule has 0 bridgehead atoms. The van der Waals surface area contributed by atoms with Gasteiger partial charge in [-0.15, -0.1) is 0 Å². The van der Waals surface area contributed by atoms with E-state index < -0.39 is 5.91 Å². The monoisotopic (exact) mass is 349 g/mol. The minimum Gasteiger partial charge on any atom is -0.366 e. The van der Waals surface area contributed by atoms with Gasteiger partial charge in [-0.3, -0.25) is 4.79 Å². The first kappa shape index (κ1) is 16.8. The lowest BCUT2D eigenvalue weighted by Gasteiger charge is -2.11. The number of benzene rings is 4. The first-order valence-corrected chi connectivity index (χ1v) is 8.87. The predicted molar refractivity (Wildman–Crippen MR) is 111 cm³/mol. The molecular formula is C25H19NO. The van der Waals surface area contributed by atoms with Crippen LogP contribution in [-0.2, 0) is 0 Å². The van der Waals surface area contributed by atoms with Crippen LogP contribution in [-0.4, -0.2) is 5.91 Å². The number of carbonyl (C=O) groups excluding carboxylic acids is 1. The molecule has 2 nitrogen and oxygen atoms in total. The van der Waals surface area contributed by atoms with Gasteiger partial charge in [0.25, 0.3) is 0 Å². The van der Waals surface area contributed by atoms with Gasteiger partial charge in [0.2, 0.25) is 5.91 Å². The molecule has 4 rings (SSSR count). The van der Waals surface area contributed by atoms with Crippen molar-refractivity contribution in [1.29, 1.82) is 0 Å². The Morgan fingerprint density at radius 2 is 0.852 bits per heavy atom. The van der Waals surface area contributed by atoms with E-state index in [2.05, 4.69) is 42.5 Å². The summed E-state index contributed by atoms with van der Waals surface area (Å²) in [5.41, 5.74) is 12.7. The normalized spacial score (nSPS) is 10.5. The summed E-state index contributed by atoms with van der Waals surface area (Å²) in [5.74, 6) is -0.412. The fraction of sp³-hybridized carbons (Fsp3) is 0. The van der Waals surface area contributed by atoms with Crippen molar-refractivity contribution in [3.05, 3.63) is 109 Å². The highest BCUT2D eigenvalue weighted by Gasteiger charge is 2.08. The zero-order valence-electron chi connectivity index (χ0n) is 14.8. The van der Waals surface area contributed by atoms with Crippen LogP contribution in [0.4, 0.5) is 0 Å². The van der Waals surface area contributed by atoms with E-state index in [1.807, 2.05) is 48.5 Å². The molecule has 0 aliphatic rings. The highest BCUT2D eigenvalue weighted by atomic mass is 16.1. The predicted octanol–water partition coefficient (Wildman–Crippen LogP) is 5.79. The van der Waals surface area contributed by atoms with Crippen LogP contribution < -0.4 is 5.73 Å². The number of carbonyl (C=O) groups is 1. The Kier molecular flexibility index (Phi) is 4.54. The van der Waals surface area contributed by atoms with Crippen molar-refractivity contribution in [2.75, 3.05) is 0 Å². The average Bonchev–Trinajstić information content (AvgIpc) is 2.75. The van der Waals surface area contributed by atoms with Gasteiger partial charge in [0.1, 0.15) is 0 Å². The van der Waals surface area contributed by atoms with E-state index in [0.29, 0.717) is 5.56 Å². The van der Waals surface area contributed by atoms with Crippen LogP contribution >= 0.6 is 0 Å². The SMILES string of the molecule is NC(=O)c1ccc(-c2cc(-c3ccccc3)cc(-c3ccccc3)c2)cc1. The third kappa shape index (κ3) is 3.65. The second kappa shape index (κ2) is 7.30. The Hall–Kier alpha value is -3.65. The van der Waals surface area contributed by atoms with Crippen molar-refractivity contribution in [3.63, 3.8) is 0 Å². The molecule has 0 heterocycles. The Labute approximate surface area is 158 Å². The smallest absolute Gasteiger partial charge is 0.248 e. The summed E-state index contributed by atoms with van der Waals surface area (Å²) >= 11 is 0. The van der Waals surface area contributed by atoms with Gasteiger partial charge < -0.3 is 5.73 Å². The van der Waals surface area contributed by atoms with Gasteiger partial charge in [-0.05, 0) is 63.7 Å². The van der Waals surface area contributed by atoms with E-state index in [9.17, 15) is 4.79 Å². The highest BCUT2D eigenvalue weighted by Crippen LogP contribution is 2.32. The molecule has 0 aliphatic carbocycles. The number of hydrogen-bond donors (Lipinski definition) is 1. The van der Waals surface area contributed by atoms with Gasteiger partial charge in [0, 0.05) is 5.56 Å². The van der Waals surface area contributed by atoms with Crippen LogP contribution in [0.1, 0.15) is 10.4 Å². The summed E-state index contributed by atoms with van der Waals surface area (Å²) in [6, 6.07) is 34.7. The topological polar surface area (TPSA) is 43.1 Å². The van der Waals surface area contributed by atoms with Crippen molar-refractivity contribution in [1.82, 2.24) is 0 Å². The fourth-order valence-corrected chi connectivity index (χ4v) is 3.22. The molecule has 0 atom stereocenters. The second-order valence-corrected chi connectivity index (χ2v) is 6.47. The molecule has 0 aliphatic heterocycles. The van der Waals surface area contributed by atoms with Crippen LogP contribution in [0, 0.1) is 0 Å². The van der Waals surface area contributed by atoms with E-state index in [1.165, 1.54) is 11.1 Å². The van der Waals surface area contributed by atoms with Crippen LogP contribution in [0.2, 0.25) is 0 Å². The Morgan fingerprint density at radius 3 is 1.22 bits per heavy atom. The average molecular weight is 349 g/mol. The number of rotatable bonds is 4. The maximum absolute atomic E-state index is 11.3. The van der Waals surface area contributed by atoms with Gasteiger partial charge >= 0.3 is 0 Å². The molecular weight excluding hydrogens is 330 g/mol. The third-order valence-corrected chi connectivity index (χ3v) is 4.65. The minimum absolute atomic E-state index is 0.412. The second-order valence-electron chi connectivity index (χ2n) is 6.47. The summed E-state index contributed by atoms with van der Waals surface area (Å²) < 4.78 is 0. The molecule has 0 saturated carbocycles. The van der Waals surface area contributed by atoms with Gasteiger partial charge in [0.05, 0.1) is 0 Å². The van der Waals surface area contributed by atoms with Crippen molar-refractivity contribution >= 4 is 5.91 Å². The molecule has 2 N–H and O–H groups in total. The quantitative estimate of drug-likeness (QED) is 0.498. The summed E-state index contributed by atoms with van der Waals surface area (Å²) in [7, 11) is 0. The van der Waals surface area contributed by atoms with Crippen molar-refractivity contribution < 1.29 is 4.79 Å². The summed E-state index contributed by atoms with van der Waals surface area (Å²) in [5, 5.41) is 0. The van der Waals surface area contributed by atoms with Crippen LogP contribution in [0.3, 0.4) is 0 Å². The van der Waals surface area contributed by atoms with Crippen LogP contribution in [0.25, 0.3) is 33.4 Å². The maximum Gasteiger partial charge on any atom is 0.248 e. The van der Waals surface area contributed by atoms with Crippen molar-refractivity contribution in [3.8, 4) is 33.4 Å². The summed E-state index contributed by atoms with van der Waals surface area (Å²) in [6.07, 6.45) is 0. The van der Waals surface area contributed by atoms with Gasteiger partial charge in [0.15, 0.2) is 0 Å². The Morgan fingerprint density at radius 1 is 0.481 bits per heavy atom. The van der Waals surface area contributed by atoms with Gasteiger partial charge in [-0.1, -0.05) is 72.8 Å². The number of hydrogen-bond acceptors (Lipinski definition) is 1. The van der Waals surface area contributed by atoms with Crippen molar-refractivity contribution in [2.45, 2.75) is 0 Å². The lowest BCUT2D eigenvalue weighted by Crippen LogP contribution is -2.10. The molecule has 130 valence electrons. The zero-order chi connectivity index (χ0) is 18.6. The minimum atomic E-state index is -0.412. The molecule has 0 saturated heterocycles. The van der Waals surface area contributed by atoms with Crippen molar-refractivity contribution in [2.24, 2.45) is 5.73 Å². The molecule has 0 fully saturated rings. The number of nitrogens with two attached hydrogens (primary N) is 1. The standard InChI is InChI=1S/C25H19NO/c26-25(27)21-13-11-20(12-14-21)24-16-22(18-7-3-1-4-8-18)15-23(17-24)19-9-5-2-6-10-19/h1-17H,(H2,26,27). The highest BCUT2D eigenvalue weighted by molar-refractivity contribution is 5.93. The van der Waals surface area contributed by atoms with E-state index in [1.54, 1.807) is 12.1 Å². The van der Waals surface area contributed by atoms with Gasteiger partial charge in [-0.25, -0.2) is 0 Å². The molecule has 4 aromatic rings. The maximum atomic E-state index is 11.3. The lowest BCUT2D eigenvalue weighted by molar-refractivity contribution is 0.100. The Bertz CT molecular complexity index is 1010. The number of primary amides is 1. The van der Waals surface area contributed by atoms with E-state index in [-0.39, 0.29) is 0 Å². The van der Waals surface area contributed by atoms with E-state index >= 15 is 0 Å². The summed E-state index contributed by atoms with van der Waals surface area (Å²) in [6.45, 7) is 0. The summed E-state index contributed by atoms with van der Waals surface area (Å²) in [4.78, 5) is 11.3. The first-order valence-electron chi connectivity index (χ1n) is 8.87. The first-order chi connectivity index (χ1) is 13.2. The molecule has 27 heavy (non-hydrogen) atoms. The van der Waals surface area contributed by atoms with Crippen LogP contribution in [0.5, 0.6) is 0 Å². The molecule has 1 amide bonds. The Balaban J connectivity index is 1.86. The van der Waals surface area contributed by atoms with Gasteiger partial charge in [-0.2, -0.15) is 0 Å².